The molecule has 2 aromatic carbocycles. The van der Waals surface area contributed by atoms with Crippen molar-refractivity contribution in [3.8, 4) is 23.0 Å². The van der Waals surface area contributed by atoms with E-state index in [0.29, 0.717) is 24.7 Å². The van der Waals surface area contributed by atoms with E-state index in [1.165, 1.54) is 63.5 Å². The van der Waals surface area contributed by atoms with Crippen molar-refractivity contribution in [1.29, 1.82) is 0 Å². The Kier molecular flexibility index (Phi) is 18.3. The number of carbonyl (C=O) groups is 1. The first kappa shape index (κ1) is 41.3. The Morgan fingerprint density at radius 1 is 0.583 bits per heavy atom. The van der Waals surface area contributed by atoms with Gasteiger partial charge in [-0.05, 0) is 48.2 Å². The fourth-order valence-corrected chi connectivity index (χ4v) is 7.15. The van der Waals surface area contributed by atoms with Crippen LogP contribution in [0.4, 0.5) is 0 Å². The third-order valence-corrected chi connectivity index (χ3v) is 10.4. The summed E-state index contributed by atoms with van der Waals surface area (Å²) in [5.41, 5.74) is -0.0330. The molecule has 0 saturated carbocycles. The van der Waals surface area contributed by atoms with Crippen molar-refractivity contribution < 1.29 is 49.7 Å². The van der Waals surface area contributed by atoms with Gasteiger partial charge in [0.05, 0.1) is 37.9 Å². The van der Waals surface area contributed by atoms with Crippen LogP contribution >= 0.6 is 0 Å². The van der Waals surface area contributed by atoms with E-state index >= 15 is 0 Å². The second kappa shape index (κ2) is 21.3. The minimum atomic E-state index is -5.08. The summed E-state index contributed by atoms with van der Waals surface area (Å²) in [6, 6.07) is 8.32. The SMILES string of the molecule is CCCCCCCCOc1ccc(C(CC(=O)CC(c2ccc(OCCCCCCCC)c(OC)c2)S(=O)(=O)[O-])S(=O)(=O)[O-])cc1OC. The van der Waals surface area contributed by atoms with Crippen LogP contribution in [0.1, 0.15) is 125 Å². The maximum Gasteiger partial charge on any atom is 0.161 e. The van der Waals surface area contributed by atoms with Gasteiger partial charge in [-0.1, -0.05) is 90.2 Å². The van der Waals surface area contributed by atoms with Crippen molar-refractivity contribution in [2.45, 2.75) is 114 Å². The molecule has 0 saturated heterocycles. The first-order valence-electron chi connectivity index (χ1n) is 16.9. The van der Waals surface area contributed by atoms with Gasteiger partial charge >= 0.3 is 0 Å². The average molecular weight is 713 g/mol. The molecule has 0 aliphatic carbocycles. The third-order valence-electron chi connectivity index (χ3n) is 8.15. The number of Topliss-reactive ketones (excluding diaryl/α,β-unsaturated/α-hetero) is 1. The predicted molar refractivity (Wildman–Crippen MR) is 183 cm³/mol. The van der Waals surface area contributed by atoms with Crippen molar-refractivity contribution in [2.24, 2.45) is 0 Å². The van der Waals surface area contributed by atoms with E-state index in [2.05, 4.69) is 13.8 Å². The van der Waals surface area contributed by atoms with E-state index in [1.807, 2.05) is 0 Å². The average Bonchev–Trinajstić information content (AvgIpc) is 3.04. The lowest BCUT2D eigenvalue weighted by atomic mass is 10.0. The summed E-state index contributed by atoms with van der Waals surface area (Å²) in [6.07, 6.45) is 11.2. The zero-order valence-electron chi connectivity index (χ0n) is 28.7. The molecule has 0 radical (unpaired) electrons. The Morgan fingerprint density at radius 3 is 1.27 bits per heavy atom. The van der Waals surface area contributed by atoms with Gasteiger partial charge in [0.15, 0.2) is 23.0 Å². The molecule has 0 bridgehead atoms. The number of hydrogen-bond acceptors (Lipinski definition) is 11. The molecule has 2 unspecified atom stereocenters. The number of ketones is 1. The number of carbonyl (C=O) groups excluding carboxylic acids is 1. The number of methoxy groups -OCH3 is 2. The summed E-state index contributed by atoms with van der Waals surface area (Å²) in [4.78, 5) is 13.2. The van der Waals surface area contributed by atoms with Gasteiger partial charge in [-0.15, -0.1) is 0 Å². The van der Waals surface area contributed by atoms with E-state index in [0.717, 1.165) is 64.2 Å². The van der Waals surface area contributed by atoms with Gasteiger partial charge in [0.2, 0.25) is 0 Å². The Morgan fingerprint density at radius 2 is 0.938 bits per heavy atom. The predicted octanol–water partition coefficient (Wildman–Crippen LogP) is 7.40. The zero-order valence-corrected chi connectivity index (χ0v) is 30.4. The van der Waals surface area contributed by atoms with E-state index in [9.17, 15) is 30.7 Å². The van der Waals surface area contributed by atoms with Crippen LogP contribution < -0.4 is 18.9 Å². The summed E-state index contributed by atoms with van der Waals surface area (Å²) < 4.78 is 96.3. The van der Waals surface area contributed by atoms with Gasteiger partial charge in [-0.3, -0.25) is 4.79 Å². The van der Waals surface area contributed by atoms with Crippen LogP contribution in [0.3, 0.4) is 0 Å². The van der Waals surface area contributed by atoms with Crippen molar-refractivity contribution in [2.75, 3.05) is 27.4 Å². The smallest absolute Gasteiger partial charge is 0.161 e. The quantitative estimate of drug-likeness (QED) is 0.0703. The van der Waals surface area contributed by atoms with Gasteiger partial charge in [0.25, 0.3) is 0 Å². The standard InChI is InChI=1S/C35H54O11S2/c1-5-7-9-11-13-15-21-45-30-19-17-27(23-32(30)43-3)34(47(37,38)39)25-29(36)26-35(48(40,41)42)28-18-20-31(33(24-28)44-4)46-22-16-14-12-10-8-6-2/h17-20,23-24,34-35H,5-16,21-22,25-26H2,1-4H3,(H,37,38,39)(H,40,41,42)/p-2. The molecule has 2 atom stereocenters. The van der Waals surface area contributed by atoms with E-state index < -0.39 is 49.4 Å². The monoisotopic (exact) mass is 712 g/mol. The Bertz CT molecular complexity index is 1360. The zero-order chi connectivity index (χ0) is 35.6. The number of benzene rings is 2. The van der Waals surface area contributed by atoms with Gasteiger partial charge in [0.1, 0.15) is 26.0 Å². The van der Waals surface area contributed by atoms with Crippen LogP contribution in [0.25, 0.3) is 0 Å². The van der Waals surface area contributed by atoms with Crippen molar-refractivity contribution >= 4 is 26.0 Å². The maximum atomic E-state index is 13.2. The molecule has 0 heterocycles. The summed E-state index contributed by atoms with van der Waals surface area (Å²) in [5.74, 6) is 0.188. The number of hydrogen-bond donors (Lipinski definition) is 0. The minimum absolute atomic E-state index is 0.0165. The summed E-state index contributed by atoms with van der Waals surface area (Å²) in [7, 11) is -7.44. The summed E-state index contributed by atoms with van der Waals surface area (Å²) in [6.45, 7) is 5.14. The lowest BCUT2D eigenvalue weighted by Gasteiger charge is -2.24. The van der Waals surface area contributed by atoms with Gasteiger partial charge in [-0.25, -0.2) is 16.8 Å². The molecule has 0 aliphatic heterocycles. The molecule has 0 amide bonds. The van der Waals surface area contributed by atoms with Gasteiger partial charge < -0.3 is 28.1 Å². The lowest BCUT2D eigenvalue weighted by Crippen LogP contribution is -2.21. The molecule has 2 aromatic rings. The normalized spacial score (nSPS) is 13.1. The van der Waals surface area contributed by atoms with E-state index in [1.54, 1.807) is 0 Å². The third kappa shape index (κ3) is 14.3. The first-order chi connectivity index (χ1) is 22.8. The van der Waals surface area contributed by atoms with Crippen LogP contribution in [0, 0.1) is 0 Å². The second-order valence-corrected chi connectivity index (χ2v) is 15.1. The summed E-state index contributed by atoms with van der Waals surface area (Å²) >= 11 is 0. The molecule has 0 spiro atoms. The van der Waals surface area contributed by atoms with E-state index in [-0.39, 0.29) is 22.6 Å². The lowest BCUT2D eigenvalue weighted by molar-refractivity contribution is -0.119. The molecule has 11 nitrogen and oxygen atoms in total. The van der Waals surface area contributed by atoms with E-state index in [4.69, 9.17) is 18.9 Å². The number of ether oxygens (including phenoxy) is 4. The van der Waals surface area contributed by atoms with Gasteiger partial charge in [-0.2, -0.15) is 0 Å². The highest BCUT2D eigenvalue weighted by molar-refractivity contribution is 7.86. The molecule has 13 heteroatoms. The van der Waals surface area contributed by atoms with Crippen molar-refractivity contribution in [1.82, 2.24) is 0 Å². The first-order valence-corrected chi connectivity index (χ1v) is 19.8. The molecule has 0 fully saturated rings. The Labute approximate surface area is 287 Å². The molecule has 0 aromatic heterocycles. The second-order valence-electron chi connectivity index (χ2n) is 12.0. The summed E-state index contributed by atoms with van der Waals surface area (Å²) in [5, 5.41) is -3.68. The van der Waals surface area contributed by atoms with Gasteiger partial charge in [0, 0.05) is 12.8 Å². The Hall–Kier alpha value is -2.87. The highest BCUT2D eigenvalue weighted by atomic mass is 32.2. The number of rotatable bonds is 26. The van der Waals surface area contributed by atoms with Crippen molar-refractivity contribution in [3.05, 3.63) is 47.5 Å². The molecule has 0 aliphatic rings. The Balaban J connectivity index is 2.16. The van der Waals surface area contributed by atoms with Crippen LogP contribution in [0.5, 0.6) is 23.0 Å². The number of unbranched alkanes of at least 4 members (excludes halogenated alkanes) is 10. The molecular formula is C35H52O11S2-2. The molecule has 272 valence electrons. The van der Waals surface area contributed by atoms with Crippen LogP contribution in [-0.2, 0) is 25.0 Å². The maximum absolute atomic E-state index is 13.2. The topological polar surface area (TPSA) is 168 Å². The van der Waals surface area contributed by atoms with Crippen molar-refractivity contribution in [3.63, 3.8) is 0 Å². The molecule has 48 heavy (non-hydrogen) atoms. The van der Waals surface area contributed by atoms with Crippen LogP contribution in [-0.4, -0.2) is 59.2 Å². The molecular weight excluding hydrogens is 661 g/mol. The highest BCUT2D eigenvalue weighted by Gasteiger charge is 2.29. The van der Waals surface area contributed by atoms with Crippen LogP contribution in [0.15, 0.2) is 36.4 Å². The molecule has 2 rings (SSSR count). The highest BCUT2D eigenvalue weighted by Crippen LogP contribution is 2.37. The minimum Gasteiger partial charge on any atom is -0.747 e. The fraction of sp³-hybridized carbons (Fsp3) is 0.629. The van der Waals surface area contributed by atoms with Crippen LogP contribution in [0.2, 0.25) is 0 Å². The molecule has 0 N–H and O–H groups in total. The fourth-order valence-electron chi connectivity index (χ4n) is 5.41. The largest absolute Gasteiger partial charge is 0.747 e.